The van der Waals surface area contributed by atoms with Crippen molar-refractivity contribution in [3.8, 4) is 0 Å². The van der Waals surface area contributed by atoms with E-state index in [-0.39, 0.29) is 23.8 Å². The molecule has 3 N–H and O–H groups in total. The van der Waals surface area contributed by atoms with Crippen molar-refractivity contribution in [1.82, 2.24) is 20.9 Å². The lowest BCUT2D eigenvalue weighted by molar-refractivity contribution is -0.131. The zero-order chi connectivity index (χ0) is 18.1. The molecule has 1 saturated heterocycles. The van der Waals surface area contributed by atoms with E-state index in [1.165, 1.54) is 0 Å². The summed E-state index contributed by atoms with van der Waals surface area (Å²) in [4.78, 5) is 38.0. The van der Waals surface area contributed by atoms with Gasteiger partial charge in [0.15, 0.2) is 0 Å². The number of hydrogen-bond acceptors (Lipinski definition) is 4. The highest BCUT2D eigenvalue weighted by molar-refractivity contribution is 5.96. The molecule has 1 heterocycles. The average molecular weight is 340 g/mol. The largest absolute Gasteiger partial charge is 0.353 e. The van der Waals surface area contributed by atoms with E-state index in [9.17, 15) is 14.4 Å². The Morgan fingerprint density at radius 3 is 2.54 bits per heavy atom. The number of likely N-dealkylation sites (tertiary alicyclic amines) is 1. The number of urea groups is 1. The summed E-state index contributed by atoms with van der Waals surface area (Å²) < 4.78 is 0. The molecule has 1 fully saturated rings. The summed E-state index contributed by atoms with van der Waals surface area (Å²) in [6.07, 6.45) is 3.72. The van der Waals surface area contributed by atoms with E-state index in [0.29, 0.717) is 13.1 Å². The monoisotopic (exact) mass is 340 g/mol. The molecule has 7 nitrogen and oxygen atoms in total. The smallest absolute Gasteiger partial charge is 0.321 e. The van der Waals surface area contributed by atoms with Crippen molar-refractivity contribution in [2.75, 3.05) is 19.6 Å². The minimum Gasteiger partial charge on any atom is -0.353 e. The number of amides is 4. The Kier molecular flexibility index (Phi) is 8.74. The highest BCUT2D eigenvalue weighted by Crippen LogP contribution is 2.19. The van der Waals surface area contributed by atoms with Gasteiger partial charge >= 0.3 is 6.03 Å². The molecule has 0 aliphatic carbocycles. The third-order valence-electron chi connectivity index (χ3n) is 4.44. The highest BCUT2D eigenvalue weighted by Gasteiger charge is 2.31. The molecule has 138 valence electrons. The highest BCUT2D eigenvalue weighted by atomic mass is 16.2. The van der Waals surface area contributed by atoms with E-state index in [2.05, 4.69) is 22.9 Å². The molecule has 4 amide bonds. The topological polar surface area (TPSA) is 90.5 Å². The molecule has 0 radical (unpaired) electrons. The van der Waals surface area contributed by atoms with Crippen LogP contribution in [0, 0.1) is 5.92 Å². The lowest BCUT2D eigenvalue weighted by Crippen LogP contribution is -2.53. The quantitative estimate of drug-likeness (QED) is 0.650. The summed E-state index contributed by atoms with van der Waals surface area (Å²) in [5.41, 5.74) is 0. The summed E-state index contributed by atoms with van der Waals surface area (Å²) in [5.74, 6) is -0.365. The Morgan fingerprint density at radius 1 is 1.21 bits per heavy atom. The van der Waals surface area contributed by atoms with Gasteiger partial charge in [0.05, 0.1) is 12.0 Å². The van der Waals surface area contributed by atoms with Crippen molar-refractivity contribution in [2.24, 2.45) is 5.92 Å². The molecule has 24 heavy (non-hydrogen) atoms. The number of carbonyl (C=O) groups excluding carboxylic acids is 3. The van der Waals surface area contributed by atoms with E-state index < -0.39 is 12.1 Å². The van der Waals surface area contributed by atoms with E-state index in [1.807, 2.05) is 11.8 Å². The van der Waals surface area contributed by atoms with Crippen LogP contribution >= 0.6 is 0 Å². The number of rotatable bonds is 7. The van der Waals surface area contributed by atoms with Crippen LogP contribution in [0.4, 0.5) is 4.79 Å². The number of carbonyl (C=O) groups is 3. The third kappa shape index (κ3) is 6.47. The maximum atomic E-state index is 12.4. The fraction of sp³-hybridized carbons (Fsp3) is 0.824. The summed E-state index contributed by atoms with van der Waals surface area (Å²) >= 11 is 0. The second kappa shape index (κ2) is 10.3. The van der Waals surface area contributed by atoms with Crippen LogP contribution in [0.15, 0.2) is 0 Å². The molecule has 0 spiro atoms. The molecule has 0 bridgehead atoms. The van der Waals surface area contributed by atoms with E-state index in [4.69, 9.17) is 0 Å². The van der Waals surface area contributed by atoms with Crippen LogP contribution < -0.4 is 16.0 Å². The van der Waals surface area contributed by atoms with Crippen LogP contribution in [0.3, 0.4) is 0 Å². The molecule has 3 atom stereocenters. The van der Waals surface area contributed by atoms with Gasteiger partial charge in [0, 0.05) is 19.1 Å². The maximum Gasteiger partial charge on any atom is 0.321 e. The first-order chi connectivity index (χ1) is 11.4. The van der Waals surface area contributed by atoms with Crippen molar-refractivity contribution in [3.63, 3.8) is 0 Å². The number of imide groups is 1. The minimum atomic E-state index is -0.478. The van der Waals surface area contributed by atoms with Crippen molar-refractivity contribution in [1.29, 1.82) is 0 Å². The van der Waals surface area contributed by atoms with Gasteiger partial charge in [-0.15, -0.1) is 0 Å². The lowest BCUT2D eigenvalue weighted by atomic mass is 9.95. The van der Waals surface area contributed by atoms with Gasteiger partial charge in [-0.3, -0.25) is 19.8 Å². The van der Waals surface area contributed by atoms with Crippen molar-refractivity contribution in [3.05, 3.63) is 0 Å². The number of nitrogens with zero attached hydrogens (tertiary/aromatic N) is 1. The molecular formula is C17H32N4O3. The molecule has 1 aliphatic heterocycles. The van der Waals surface area contributed by atoms with Gasteiger partial charge in [0.25, 0.3) is 0 Å². The van der Waals surface area contributed by atoms with E-state index in [0.717, 1.165) is 32.2 Å². The van der Waals surface area contributed by atoms with Gasteiger partial charge in [-0.05, 0) is 46.6 Å². The molecule has 1 aliphatic rings. The zero-order valence-corrected chi connectivity index (χ0v) is 15.4. The Bertz CT molecular complexity index is 442. The third-order valence-corrected chi connectivity index (χ3v) is 4.44. The standard InChI is InChI=1S/C17H32N4O3/c1-5-8-12(3)19-16(23)14-9-7-10-21(11-14)13(4)15(22)20-17(24)18-6-2/h12-14H,5-11H2,1-4H3,(H,19,23)(H2,18,20,22,24)/t12-,13+,14-/m0/s1. The van der Waals surface area contributed by atoms with E-state index >= 15 is 0 Å². The lowest BCUT2D eigenvalue weighted by Gasteiger charge is -2.35. The second-order valence-corrected chi connectivity index (χ2v) is 6.56. The summed E-state index contributed by atoms with van der Waals surface area (Å²) in [6, 6.07) is -0.735. The molecule has 0 aromatic carbocycles. The van der Waals surface area contributed by atoms with Crippen LogP contribution in [0.25, 0.3) is 0 Å². The van der Waals surface area contributed by atoms with Gasteiger partial charge in [-0.2, -0.15) is 0 Å². The molecule has 1 rings (SSSR count). The van der Waals surface area contributed by atoms with Gasteiger partial charge in [0.2, 0.25) is 11.8 Å². The summed E-state index contributed by atoms with van der Waals surface area (Å²) in [5, 5.41) is 7.94. The van der Waals surface area contributed by atoms with Gasteiger partial charge < -0.3 is 10.6 Å². The van der Waals surface area contributed by atoms with Gasteiger partial charge in [-0.25, -0.2) is 4.79 Å². The maximum absolute atomic E-state index is 12.4. The molecule has 7 heteroatoms. The normalized spacial score (nSPS) is 20.8. The Hall–Kier alpha value is -1.63. The van der Waals surface area contributed by atoms with Crippen LogP contribution in [0.1, 0.15) is 53.4 Å². The Morgan fingerprint density at radius 2 is 1.92 bits per heavy atom. The van der Waals surface area contributed by atoms with Crippen molar-refractivity contribution < 1.29 is 14.4 Å². The van der Waals surface area contributed by atoms with Crippen molar-refractivity contribution in [2.45, 2.75) is 65.5 Å². The van der Waals surface area contributed by atoms with Crippen LogP contribution in [-0.4, -0.2) is 54.5 Å². The first-order valence-corrected chi connectivity index (χ1v) is 9.02. The molecular weight excluding hydrogens is 308 g/mol. The van der Waals surface area contributed by atoms with Gasteiger partial charge in [-0.1, -0.05) is 13.3 Å². The van der Waals surface area contributed by atoms with Crippen LogP contribution in [0.5, 0.6) is 0 Å². The fourth-order valence-electron chi connectivity index (χ4n) is 3.02. The Balaban J connectivity index is 2.53. The van der Waals surface area contributed by atoms with Crippen molar-refractivity contribution >= 4 is 17.8 Å². The minimum absolute atomic E-state index is 0.0667. The Labute approximate surface area is 144 Å². The number of hydrogen-bond donors (Lipinski definition) is 3. The molecule has 0 aromatic rings. The van der Waals surface area contributed by atoms with Crippen LogP contribution in [0.2, 0.25) is 0 Å². The summed E-state index contributed by atoms with van der Waals surface area (Å²) in [6.45, 7) is 9.46. The zero-order valence-electron chi connectivity index (χ0n) is 15.4. The van der Waals surface area contributed by atoms with Crippen LogP contribution in [-0.2, 0) is 9.59 Å². The second-order valence-electron chi connectivity index (χ2n) is 6.56. The SMILES string of the molecule is CCC[C@H](C)NC(=O)[C@H]1CCCN([C@H](C)C(=O)NC(=O)NCC)C1. The molecule has 0 unspecified atom stereocenters. The number of nitrogens with one attached hydrogen (secondary N) is 3. The van der Waals surface area contributed by atoms with Gasteiger partial charge in [0.1, 0.15) is 0 Å². The first kappa shape index (κ1) is 20.4. The first-order valence-electron chi connectivity index (χ1n) is 9.02. The molecule has 0 aromatic heterocycles. The number of piperidine rings is 1. The van der Waals surface area contributed by atoms with E-state index in [1.54, 1.807) is 13.8 Å². The predicted octanol–water partition coefficient (Wildman–Crippen LogP) is 1.24. The molecule has 0 saturated carbocycles. The summed E-state index contributed by atoms with van der Waals surface area (Å²) in [7, 11) is 0. The predicted molar refractivity (Wildman–Crippen MR) is 93.5 cm³/mol. The fourth-order valence-corrected chi connectivity index (χ4v) is 3.02. The average Bonchev–Trinajstić information content (AvgIpc) is 2.54.